The number of rotatable bonds is 34. The van der Waals surface area contributed by atoms with Crippen molar-refractivity contribution in [2.75, 3.05) is 6.54 Å². The monoisotopic (exact) mass is 652 g/mol. The molecule has 0 aromatic rings. The highest BCUT2D eigenvalue weighted by atomic mass is 16.4. The molecule has 0 amide bonds. The van der Waals surface area contributed by atoms with E-state index in [1.807, 2.05) is 26.8 Å². The molecule has 0 radical (unpaired) electrons. The standard InChI is InChI=1S/C39H73NO6/c1-5-9-10-11-12-13-14-15-16-17-18-19-20-21-22-23-24-25-26-27-28-29-33-40(34(30-6-2)37(41)42,35(31-7-3)38(43)44)36(32-8-4)39(45)46/h27-28,34-36H,5-26,29-33H2,1-4H3,(H2-,41,42,43,44,45,46)/b28-27+. The zero-order valence-corrected chi connectivity index (χ0v) is 30.5. The first-order chi connectivity index (χ1) is 22.2. The van der Waals surface area contributed by atoms with Crippen molar-refractivity contribution in [1.82, 2.24) is 0 Å². The molecule has 7 heteroatoms. The molecule has 3 unspecified atom stereocenters. The van der Waals surface area contributed by atoms with Crippen LogP contribution in [-0.2, 0) is 14.4 Å². The molecule has 0 aliphatic rings. The predicted molar refractivity (Wildman–Crippen MR) is 189 cm³/mol. The summed E-state index contributed by atoms with van der Waals surface area (Å²) in [7, 11) is 0. The first-order valence-corrected chi connectivity index (χ1v) is 19.4. The molecule has 0 bridgehead atoms. The highest BCUT2D eigenvalue weighted by Crippen LogP contribution is 2.33. The van der Waals surface area contributed by atoms with E-state index in [4.69, 9.17) is 0 Å². The number of unbranched alkanes of at least 4 members (excludes halogenated alkanes) is 18. The summed E-state index contributed by atoms with van der Waals surface area (Å²) >= 11 is 0. The van der Waals surface area contributed by atoms with Crippen molar-refractivity contribution in [3.63, 3.8) is 0 Å². The third kappa shape index (κ3) is 18.4. The Kier molecular flexibility index (Phi) is 28.1. The van der Waals surface area contributed by atoms with Gasteiger partial charge in [0.15, 0.2) is 12.1 Å². The Bertz CT molecular complexity index is 738. The molecule has 2 N–H and O–H groups in total. The molecular formula is C39H73NO6. The second-order valence-corrected chi connectivity index (χ2v) is 13.7. The van der Waals surface area contributed by atoms with E-state index in [2.05, 4.69) is 13.0 Å². The van der Waals surface area contributed by atoms with E-state index < -0.39 is 40.5 Å². The average Bonchev–Trinajstić information content (AvgIpc) is 3.02. The lowest BCUT2D eigenvalue weighted by atomic mass is 9.91. The molecule has 270 valence electrons. The summed E-state index contributed by atoms with van der Waals surface area (Å²) in [6.07, 6.45) is 31.8. The van der Waals surface area contributed by atoms with Gasteiger partial charge >= 0.3 is 11.9 Å². The van der Waals surface area contributed by atoms with Gasteiger partial charge in [0, 0.05) is 25.7 Å². The Morgan fingerprint density at radius 1 is 0.500 bits per heavy atom. The summed E-state index contributed by atoms with van der Waals surface area (Å²) in [6.45, 7) is 7.98. The fourth-order valence-corrected chi connectivity index (χ4v) is 7.33. The highest BCUT2D eigenvalue weighted by molar-refractivity contribution is 5.77. The van der Waals surface area contributed by atoms with E-state index in [-0.39, 0.29) is 25.8 Å². The lowest BCUT2D eigenvalue weighted by Gasteiger charge is -2.52. The third-order valence-electron chi connectivity index (χ3n) is 9.84. The van der Waals surface area contributed by atoms with Crippen LogP contribution in [0.1, 0.15) is 195 Å². The van der Waals surface area contributed by atoms with Gasteiger partial charge in [0.2, 0.25) is 0 Å². The number of quaternary nitrogens is 1. The molecule has 0 aliphatic heterocycles. The van der Waals surface area contributed by atoms with Gasteiger partial charge in [0.1, 0.15) is 6.04 Å². The molecule has 0 rings (SSSR count). The third-order valence-corrected chi connectivity index (χ3v) is 9.84. The summed E-state index contributed by atoms with van der Waals surface area (Å²) in [5.41, 5.74) is 0. The molecule has 7 nitrogen and oxygen atoms in total. The molecule has 3 atom stereocenters. The number of aliphatic carboxylic acids is 3. The van der Waals surface area contributed by atoms with Crippen LogP contribution in [0, 0.1) is 0 Å². The van der Waals surface area contributed by atoms with Crippen molar-refractivity contribution in [2.45, 2.75) is 213 Å². The van der Waals surface area contributed by atoms with Gasteiger partial charge in [-0.3, -0.25) is 4.48 Å². The van der Waals surface area contributed by atoms with Crippen LogP contribution in [0.5, 0.6) is 0 Å². The zero-order chi connectivity index (χ0) is 34.5. The molecule has 0 aromatic carbocycles. The molecule has 0 aromatic heterocycles. The summed E-state index contributed by atoms with van der Waals surface area (Å²) < 4.78 is -0.480. The maximum Gasteiger partial charge on any atom is 0.362 e. The van der Waals surface area contributed by atoms with Crippen LogP contribution in [-0.4, -0.2) is 57.3 Å². The molecule has 46 heavy (non-hydrogen) atoms. The van der Waals surface area contributed by atoms with Crippen LogP contribution >= 0.6 is 0 Å². The van der Waals surface area contributed by atoms with Crippen molar-refractivity contribution >= 4 is 17.9 Å². The minimum absolute atomic E-state index is 0.155. The Morgan fingerprint density at radius 3 is 1.15 bits per heavy atom. The van der Waals surface area contributed by atoms with E-state index in [0.717, 1.165) is 12.8 Å². The Balaban J connectivity index is 4.65. The van der Waals surface area contributed by atoms with Gasteiger partial charge in [-0.25, -0.2) is 9.59 Å². The van der Waals surface area contributed by atoms with Crippen LogP contribution in [0.15, 0.2) is 12.2 Å². The summed E-state index contributed by atoms with van der Waals surface area (Å²) in [5, 5.41) is 33.0. The van der Waals surface area contributed by atoms with Crippen molar-refractivity contribution in [1.29, 1.82) is 0 Å². The van der Waals surface area contributed by atoms with Gasteiger partial charge in [0.05, 0.1) is 12.5 Å². The van der Waals surface area contributed by atoms with Crippen LogP contribution in [0.4, 0.5) is 0 Å². The second kappa shape index (κ2) is 29.3. The van der Waals surface area contributed by atoms with Crippen molar-refractivity contribution in [3.8, 4) is 0 Å². The first-order valence-electron chi connectivity index (χ1n) is 19.4. The SMILES string of the molecule is CCCCCCCCCCCCCCCCCCCC/C=C/CC[N+](C(CCC)C(=O)[O-])(C(CCC)C(=O)O)C(CCC)C(=O)O. The Labute approximate surface area is 283 Å². The fourth-order valence-electron chi connectivity index (χ4n) is 7.33. The molecule has 0 heterocycles. The zero-order valence-electron chi connectivity index (χ0n) is 30.5. The molecule has 0 aliphatic carbocycles. The summed E-state index contributed by atoms with van der Waals surface area (Å²) in [5.74, 6) is -3.61. The topological polar surface area (TPSA) is 115 Å². The maximum absolute atomic E-state index is 12.6. The molecule has 0 spiro atoms. The van der Waals surface area contributed by atoms with E-state index in [1.54, 1.807) is 0 Å². The van der Waals surface area contributed by atoms with Crippen molar-refractivity contribution in [3.05, 3.63) is 12.2 Å². The van der Waals surface area contributed by atoms with Gasteiger partial charge in [-0.05, 0) is 25.7 Å². The minimum atomic E-state index is -1.35. The Morgan fingerprint density at radius 2 is 0.826 bits per heavy atom. The van der Waals surface area contributed by atoms with Gasteiger partial charge in [0.25, 0.3) is 0 Å². The van der Waals surface area contributed by atoms with Crippen molar-refractivity contribution in [2.24, 2.45) is 0 Å². The summed E-state index contributed by atoms with van der Waals surface area (Å²) in [4.78, 5) is 37.7. The molecule has 0 fully saturated rings. The van der Waals surface area contributed by atoms with Crippen molar-refractivity contribution < 1.29 is 34.2 Å². The number of carboxylic acids is 3. The van der Waals surface area contributed by atoms with E-state index >= 15 is 0 Å². The normalized spacial score (nSPS) is 15.0. The average molecular weight is 652 g/mol. The Hall–Kier alpha value is -1.89. The fraction of sp³-hybridized carbons (Fsp3) is 0.872. The number of allylic oxidation sites excluding steroid dienone is 1. The summed E-state index contributed by atoms with van der Waals surface area (Å²) in [6, 6.07) is -3.42. The van der Waals surface area contributed by atoms with E-state index in [0.29, 0.717) is 25.7 Å². The van der Waals surface area contributed by atoms with Crippen LogP contribution in [0.3, 0.4) is 0 Å². The van der Waals surface area contributed by atoms with Gasteiger partial charge in [-0.15, -0.1) is 0 Å². The van der Waals surface area contributed by atoms with Crippen LogP contribution in [0.25, 0.3) is 0 Å². The lowest BCUT2D eigenvalue weighted by Crippen LogP contribution is -2.74. The van der Waals surface area contributed by atoms with Gasteiger partial charge in [-0.2, -0.15) is 0 Å². The molecule has 0 saturated heterocycles. The smallest absolute Gasteiger partial charge is 0.362 e. The van der Waals surface area contributed by atoms with Gasteiger partial charge < -0.3 is 20.1 Å². The van der Waals surface area contributed by atoms with Gasteiger partial charge in [-0.1, -0.05) is 155 Å². The van der Waals surface area contributed by atoms with Crippen LogP contribution < -0.4 is 5.11 Å². The lowest BCUT2D eigenvalue weighted by molar-refractivity contribution is -0.974. The highest BCUT2D eigenvalue weighted by Gasteiger charge is 2.54. The minimum Gasteiger partial charge on any atom is -0.544 e. The number of carbonyl (C=O) groups is 3. The number of carbonyl (C=O) groups excluding carboxylic acids is 1. The number of hydrogen-bond donors (Lipinski definition) is 2. The maximum atomic E-state index is 12.6. The number of hydrogen-bond acceptors (Lipinski definition) is 4. The molecular weight excluding hydrogens is 578 g/mol. The first kappa shape index (κ1) is 44.1. The molecule has 0 saturated carbocycles. The number of nitrogens with zero attached hydrogens (tertiary/aromatic N) is 1. The predicted octanol–water partition coefficient (Wildman–Crippen LogP) is 9.61. The quantitative estimate of drug-likeness (QED) is 0.0407. The van der Waals surface area contributed by atoms with Crippen LogP contribution in [0.2, 0.25) is 0 Å². The van der Waals surface area contributed by atoms with E-state index in [9.17, 15) is 29.7 Å². The number of carboxylic acid groups (broad SMARTS) is 3. The van der Waals surface area contributed by atoms with E-state index in [1.165, 1.54) is 109 Å². The largest absolute Gasteiger partial charge is 0.544 e. The second-order valence-electron chi connectivity index (χ2n) is 13.7.